The van der Waals surface area contributed by atoms with Gasteiger partial charge in [-0.1, -0.05) is 54.6 Å². The van der Waals surface area contributed by atoms with Gasteiger partial charge in [-0.05, 0) is 33.7 Å². The van der Waals surface area contributed by atoms with Gasteiger partial charge >= 0.3 is 12.1 Å². The zero-order chi connectivity index (χ0) is 24.1. The molecular weight excluding hydrogens is 456 g/mol. The number of aliphatic carboxylic acids is 1. The SMILES string of the molecule is O=C(NC(C(=O)NC(CCO)C(=O)O)c1cccs1)OCC1c2ccccc2-c2ccccc21. The van der Waals surface area contributed by atoms with Crippen LogP contribution in [0, 0.1) is 0 Å². The van der Waals surface area contributed by atoms with Crippen molar-refractivity contribution in [2.24, 2.45) is 0 Å². The number of carbonyl (C=O) groups is 3. The maximum atomic E-state index is 12.8. The Morgan fingerprint density at radius 3 is 2.15 bits per heavy atom. The molecule has 4 rings (SSSR count). The minimum atomic E-state index is -1.27. The van der Waals surface area contributed by atoms with Crippen molar-refractivity contribution >= 4 is 29.3 Å². The average molecular weight is 481 g/mol. The number of alkyl carbamates (subject to hydrolysis) is 1. The minimum absolute atomic E-state index is 0.0842. The van der Waals surface area contributed by atoms with Gasteiger partial charge in [0.2, 0.25) is 5.91 Å². The van der Waals surface area contributed by atoms with Gasteiger partial charge < -0.3 is 25.6 Å². The first-order valence-corrected chi connectivity index (χ1v) is 11.7. The fourth-order valence-corrected chi connectivity index (χ4v) is 4.89. The molecule has 2 amide bonds. The van der Waals surface area contributed by atoms with Crippen LogP contribution in [-0.2, 0) is 14.3 Å². The highest BCUT2D eigenvalue weighted by atomic mass is 32.1. The molecule has 0 radical (unpaired) electrons. The topological polar surface area (TPSA) is 125 Å². The highest BCUT2D eigenvalue weighted by molar-refractivity contribution is 7.10. The van der Waals surface area contributed by atoms with E-state index in [1.807, 2.05) is 48.5 Å². The third-order valence-electron chi connectivity index (χ3n) is 5.73. The molecule has 1 heterocycles. The molecule has 2 unspecified atom stereocenters. The summed E-state index contributed by atoms with van der Waals surface area (Å²) in [5, 5.41) is 25.0. The summed E-state index contributed by atoms with van der Waals surface area (Å²) in [6, 6.07) is 16.9. The number of fused-ring (bicyclic) bond motifs is 3. The molecule has 1 aromatic heterocycles. The van der Waals surface area contributed by atoms with Gasteiger partial charge in [-0.25, -0.2) is 9.59 Å². The van der Waals surface area contributed by atoms with Crippen molar-refractivity contribution in [3.63, 3.8) is 0 Å². The largest absolute Gasteiger partial charge is 0.480 e. The monoisotopic (exact) mass is 480 g/mol. The Kier molecular flexibility index (Phi) is 7.24. The Bertz CT molecular complexity index is 1130. The smallest absolute Gasteiger partial charge is 0.408 e. The molecule has 0 saturated carbocycles. The Balaban J connectivity index is 1.46. The molecule has 0 saturated heterocycles. The van der Waals surface area contributed by atoms with Crippen molar-refractivity contribution in [3.8, 4) is 11.1 Å². The number of carbonyl (C=O) groups excluding carboxylic acids is 2. The number of benzene rings is 2. The first-order valence-electron chi connectivity index (χ1n) is 10.8. The van der Waals surface area contributed by atoms with E-state index in [9.17, 15) is 19.5 Å². The molecular formula is C25H24N2O6S. The van der Waals surface area contributed by atoms with Crippen LogP contribution in [0.1, 0.15) is 34.4 Å². The van der Waals surface area contributed by atoms with Crippen LogP contribution < -0.4 is 10.6 Å². The number of hydrogen-bond donors (Lipinski definition) is 4. The van der Waals surface area contributed by atoms with E-state index >= 15 is 0 Å². The summed E-state index contributed by atoms with van der Waals surface area (Å²) in [6.45, 7) is -0.318. The van der Waals surface area contributed by atoms with Crippen molar-refractivity contribution in [2.45, 2.75) is 24.4 Å². The molecule has 2 atom stereocenters. The van der Waals surface area contributed by atoms with Crippen molar-refractivity contribution < 1.29 is 29.3 Å². The zero-order valence-electron chi connectivity index (χ0n) is 18.1. The summed E-state index contributed by atoms with van der Waals surface area (Å²) < 4.78 is 5.54. The second-order valence-electron chi connectivity index (χ2n) is 7.83. The highest BCUT2D eigenvalue weighted by Crippen LogP contribution is 2.44. The maximum absolute atomic E-state index is 12.8. The average Bonchev–Trinajstić information content (AvgIpc) is 3.47. The number of nitrogens with one attached hydrogen (secondary N) is 2. The van der Waals surface area contributed by atoms with Crippen LogP contribution in [0.15, 0.2) is 66.0 Å². The second kappa shape index (κ2) is 10.5. The third kappa shape index (κ3) is 4.95. The Hall–Kier alpha value is -3.69. The van der Waals surface area contributed by atoms with Crippen LogP contribution in [0.2, 0.25) is 0 Å². The maximum Gasteiger partial charge on any atom is 0.408 e. The number of aliphatic hydroxyl groups excluding tert-OH is 1. The van der Waals surface area contributed by atoms with Gasteiger partial charge in [-0.15, -0.1) is 11.3 Å². The minimum Gasteiger partial charge on any atom is -0.480 e. The second-order valence-corrected chi connectivity index (χ2v) is 8.81. The number of hydrogen-bond acceptors (Lipinski definition) is 6. The molecule has 34 heavy (non-hydrogen) atoms. The van der Waals surface area contributed by atoms with Crippen LogP contribution in [0.5, 0.6) is 0 Å². The number of amides is 2. The highest BCUT2D eigenvalue weighted by Gasteiger charge is 2.31. The Morgan fingerprint density at radius 1 is 0.941 bits per heavy atom. The van der Waals surface area contributed by atoms with E-state index in [0.29, 0.717) is 4.88 Å². The summed E-state index contributed by atoms with van der Waals surface area (Å²) in [5.41, 5.74) is 4.34. The van der Waals surface area contributed by atoms with E-state index < -0.39 is 36.7 Å². The van der Waals surface area contributed by atoms with Gasteiger partial charge in [0, 0.05) is 23.8 Å². The Labute approximate surface area is 200 Å². The van der Waals surface area contributed by atoms with Crippen LogP contribution in [0.4, 0.5) is 4.79 Å². The predicted octanol–water partition coefficient (Wildman–Crippen LogP) is 3.28. The van der Waals surface area contributed by atoms with E-state index in [2.05, 4.69) is 10.6 Å². The van der Waals surface area contributed by atoms with Crippen molar-refractivity contribution in [1.29, 1.82) is 0 Å². The molecule has 4 N–H and O–H groups in total. The van der Waals surface area contributed by atoms with Crippen LogP contribution in [0.3, 0.4) is 0 Å². The first-order chi connectivity index (χ1) is 16.5. The summed E-state index contributed by atoms with van der Waals surface area (Å²) >= 11 is 1.25. The summed E-state index contributed by atoms with van der Waals surface area (Å²) in [5.74, 6) is -2.10. The molecule has 3 aromatic rings. The van der Waals surface area contributed by atoms with Gasteiger partial charge in [-0.3, -0.25) is 4.79 Å². The Morgan fingerprint density at radius 2 is 1.59 bits per heavy atom. The number of carboxylic acids is 1. The van der Waals surface area contributed by atoms with E-state index in [-0.39, 0.29) is 18.9 Å². The molecule has 1 aliphatic rings. The molecule has 9 heteroatoms. The van der Waals surface area contributed by atoms with E-state index in [4.69, 9.17) is 9.84 Å². The van der Waals surface area contributed by atoms with Gasteiger partial charge in [-0.2, -0.15) is 0 Å². The van der Waals surface area contributed by atoms with Gasteiger partial charge in [0.15, 0.2) is 0 Å². The van der Waals surface area contributed by atoms with Gasteiger partial charge in [0.05, 0.1) is 0 Å². The fourth-order valence-electron chi connectivity index (χ4n) is 4.12. The standard InChI is InChI=1S/C25H24N2O6S/c28-12-11-20(24(30)31)26-23(29)22(21-10-5-13-34-21)27-25(32)33-14-19-17-8-3-1-6-15(17)16-7-2-4-9-18(16)19/h1-10,13,19-20,22,28H,11-12,14H2,(H,26,29)(H,27,32)(H,30,31). The van der Waals surface area contributed by atoms with E-state index in [1.165, 1.54) is 11.3 Å². The van der Waals surface area contributed by atoms with Crippen molar-refractivity contribution in [3.05, 3.63) is 82.0 Å². The lowest BCUT2D eigenvalue weighted by Crippen LogP contribution is -2.47. The molecule has 1 aliphatic carbocycles. The number of thiophene rings is 1. The number of rotatable bonds is 9. The molecule has 0 bridgehead atoms. The van der Waals surface area contributed by atoms with E-state index in [0.717, 1.165) is 22.3 Å². The number of carboxylic acid groups (broad SMARTS) is 1. The number of aliphatic hydroxyl groups is 1. The molecule has 0 aliphatic heterocycles. The lowest BCUT2D eigenvalue weighted by Gasteiger charge is -2.21. The predicted molar refractivity (Wildman–Crippen MR) is 127 cm³/mol. The van der Waals surface area contributed by atoms with Gasteiger partial charge in [0.1, 0.15) is 18.7 Å². The summed E-state index contributed by atoms with van der Waals surface area (Å²) in [6.07, 6.45) is -0.937. The first kappa shape index (κ1) is 23.5. The fraction of sp³-hybridized carbons (Fsp3) is 0.240. The molecule has 2 aromatic carbocycles. The molecule has 0 fully saturated rings. The molecule has 0 spiro atoms. The van der Waals surface area contributed by atoms with Crippen LogP contribution in [-0.4, -0.2) is 47.4 Å². The zero-order valence-corrected chi connectivity index (χ0v) is 19.0. The van der Waals surface area contributed by atoms with Crippen LogP contribution in [0.25, 0.3) is 11.1 Å². The molecule has 8 nitrogen and oxygen atoms in total. The summed E-state index contributed by atoms with van der Waals surface area (Å²) in [4.78, 5) is 37.4. The van der Waals surface area contributed by atoms with Gasteiger partial charge in [0.25, 0.3) is 0 Å². The lowest BCUT2D eigenvalue weighted by atomic mass is 9.98. The quantitative estimate of drug-likeness (QED) is 0.373. The lowest BCUT2D eigenvalue weighted by molar-refractivity contribution is -0.142. The van der Waals surface area contributed by atoms with E-state index in [1.54, 1.807) is 17.5 Å². The summed E-state index contributed by atoms with van der Waals surface area (Å²) in [7, 11) is 0. The third-order valence-corrected chi connectivity index (χ3v) is 6.67. The normalized spacial score (nSPS) is 13.9. The number of ether oxygens (including phenoxy) is 1. The van der Waals surface area contributed by atoms with Crippen molar-refractivity contribution in [2.75, 3.05) is 13.2 Å². The van der Waals surface area contributed by atoms with Crippen molar-refractivity contribution in [1.82, 2.24) is 10.6 Å². The van der Waals surface area contributed by atoms with Crippen LogP contribution >= 0.6 is 11.3 Å². The molecule has 176 valence electrons.